The minimum absolute atomic E-state index is 0.157. The fourth-order valence-electron chi connectivity index (χ4n) is 2.66. The summed E-state index contributed by atoms with van der Waals surface area (Å²) in [5, 5.41) is 1.15. The molecule has 0 spiro atoms. The monoisotopic (exact) mass is 336 g/mol. The van der Waals surface area contributed by atoms with Crippen LogP contribution in [0.25, 0.3) is 0 Å². The number of rotatable bonds is 15. The molecule has 0 aliphatic carbocycles. The van der Waals surface area contributed by atoms with Crippen molar-refractivity contribution in [1.29, 1.82) is 0 Å². The summed E-state index contributed by atoms with van der Waals surface area (Å²) >= 11 is 0. The van der Waals surface area contributed by atoms with E-state index in [1.165, 1.54) is 57.8 Å². The van der Waals surface area contributed by atoms with Crippen LogP contribution in [-0.4, -0.2) is 17.2 Å². The van der Waals surface area contributed by atoms with E-state index in [1.54, 1.807) is 0 Å². The Labute approximate surface area is 141 Å². The lowest BCUT2D eigenvalue weighted by Crippen LogP contribution is -2.18. The van der Waals surface area contributed by atoms with E-state index in [0.29, 0.717) is 10.5 Å². The molecule has 21 heavy (non-hydrogen) atoms. The summed E-state index contributed by atoms with van der Waals surface area (Å²) < 4.78 is 12.9. The molecule has 0 bridgehead atoms. The zero-order valence-electron chi connectivity index (χ0n) is 14.7. The van der Waals surface area contributed by atoms with E-state index < -0.39 is 0 Å². The summed E-state index contributed by atoms with van der Waals surface area (Å²) in [7, 11) is 3.90. The molecule has 0 fully saturated rings. The van der Waals surface area contributed by atoms with Gasteiger partial charge in [-0.25, -0.2) is 0 Å². The van der Waals surface area contributed by atoms with Gasteiger partial charge in [0, 0.05) is 10.5 Å². The van der Waals surface area contributed by atoms with E-state index in [2.05, 4.69) is 27.7 Å². The molecule has 0 rings (SSSR count). The Balaban J connectivity index is 4.35. The standard InChI is InChI=1S/C18H37FS2/c1-5-7-9-11-13-17(12-10-8-6-2)18(14-15-19)21-20-16(3)4/h16-18H,5-15H2,1-4H3/t17?,18-/m1/s1. The third-order valence-corrected chi connectivity index (χ3v) is 7.49. The average Bonchev–Trinajstić information content (AvgIpc) is 2.46. The summed E-state index contributed by atoms with van der Waals surface area (Å²) in [6.45, 7) is 8.84. The van der Waals surface area contributed by atoms with E-state index in [4.69, 9.17) is 0 Å². The maximum absolute atomic E-state index is 12.9. The number of halogens is 1. The van der Waals surface area contributed by atoms with Crippen LogP contribution in [0.5, 0.6) is 0 Å². The van der Waals surface area contributed by atoms with Gasteiger partial charge in [0.05, 0.1) is 6.67 Å². The number of unbranched alkanes of at least 4 members (excludes halogenated alkanes) is 5. The molecule has 0 heterocycles. The highest BCUT2D eigenvalue weighted by molar-refractivity contribution is 8.77. The predicted octanol–water partition coefficient (Wildman–Crippen LogP) is 7.67. The van der Waals surface area contributed by atoms with E-state index in [-0.39, 0.29) is 6.67 Å². The van der Waals surface area contributed by atoms with Crippen molar-refractivity contribution in [3.05, 3.63) is 0 Å². The molecule has 0 aliphatic heterocycles. The van der Waals surface area contributed by atoms with Gasteiger partial charge in [-0.1, -0.05) is 94.2 Å². The van der Waals surface area contributed by atoms with Crippen molar-refractivity contribution in [2.24, 2.45) is 5.92 Å². The van der Waals surface area contributed by atoms with Gasteiger partial charge >= 0.3 is 0 Å². The van der Waals surface area contributed by atoms with Crippen LogP contribution in [0, 0.1) is 5.92 Å². The van der Waals surface area contributed by atoms with Crippen molar-refractivity contribution < 1.29 is 4.39 Å². The van der Waals surface area contributed by atoms with Crippen molar-refractivity contribution >= 4 is 21.6 Å². The van der Waals surface area contributed by atoms with Gasteiger partial charge in [-0.3, -0.25) is 4.39 Å². The fraction of sp³-hybridized carbons (Fsp3) is 1.00. The van der Waals surface area contributed by atoms with E-state index >= 15 is 0 Å². The zero-order valence-corrected chi connectivity index (χ0v) is 16.3. The molecular weight excluding hydrogens is 299 g/mol. The molecule has 0 aliphatic rings. The van der Waals surface area contributed by atoms with Gasteiger partial charge in [-0.05, 0) is 25.2 Å². The van der Waals surface area contributed by atoms with Crippen molar-refractivity contribution in [3.63, 3.8) is 0 Å². The van der Waals surface area contributed by atoms with Gasteiger partial charge < -0.3 is 0 Å². The second-order valence-corrected chi connectivity index (χ2v) is 9.45. The van der Waals surface area contributed by atoms with Gasteiger partial charge in [-0.15, -0.1) is 0 Å². The van der Waals surface area contributed by atoms with Crippen molar-refractivity contribution in [3.8, 4) is 0 Å². The Bertz CT molecular complexity index is 209. The summed E-state index contributed by atoms with van der Waals surface area (Å²) in [6, 6.07) is 0. The van der Waals surface area contributed by atoms with Crippen LogP contribution in [0.2, 0.25) is 0 Å². The SMILES string of the molecule is CCCCCCC(CCCCC)[C@@H](CCF)SSC(C)C. The fourth-order valence-corrected chi connectivity index (χ4v) is 5.49. The first-order valence-corrected chi connectivity index (χ1v) is 11.3. The number of alkyl halides is 1. The second kappa shape index (κ2) is 15.5. The normalized spacial score (nSPS) is 14.6. The van der Waals surface area contributed by atoms with E-state index in [0.717, 1.165) is 12.3 Å². The molecule has 2 atom stereocenters. The Morgan fingerprint density at radius 1 is 0.762 bits per heavy atom. The molecule has 3 heteroatoms. The molecule has 0 N–H and O–H groups in total. The number of hydrogen-bond donors (Lipinski definition) is 0. The second-order valence-electron chi connectivity index (χ2n) is 6.36. The molecule has 0 aromatic rings. The molecule has 1 unspecified atom stereocenters. The van der Waals surface area contributed by atoms with Crippen molar-refractivity contribution in [2.75, 3.05) is 6.67 Å². The predicted molar refractivity (Wildman–Crippen MR) is 101 cm³/mol. The first-order valence-electron chi connectivity index (χ1n) is 9.03. The molecule has 0 amide bonds. The van der Waals surface area contributed by atoms with Crippen LogP contribution >= 0.6 is 21.6 Å². The third kappa shape index (κ3) is 12.8. The van der Waals surface area contributed by atoms with Crippen LogP contribution in [0.1, 0.15) is 91.9 Å². The Morgan fingerprint density at radius 3 is 1.86 bits per heavy atom. The zero-order chi connectivity index (χ0) is 15.9. The topological polar surface area (TPSA) is 0 Å². The maximum atomic E-state index is 12.9. The first kappa shape index (κ1) is 21.6. The summed E-state index contributed by atoms with van der Waals surface area (Å²) in [4.78, 5) is 0. The Hall–Kier alpha value is 0.630. The highest BCUT2D eigenvalue weighted by Gasteiger charge is 2.22. The molecule has 0 saturated carbocycles. The van der Waals surface area contributed by atoms with Crippen LogP contribution in [-0.2, 0) is 0 Å². The quantitative estimate of drug-likeness (QED) is 0.222. The van der Waals surface area contributed by atoms with Gasteiger partial charge in [0.25, 0.3) is 0 Å². The molecular formula is C18H37FS2. The molecule has 0 nitrogen and oxygen atoms in total. The van der Waals surface area contributed by atoms with Gasteiger partial charge in [-0.2, -0.15) is 0 Å². The summed E-state index contributed by atoms with van der Waals surface area (Å²) in [5.41, 5.74) is 0. The van der Waals surface area contributed by atoms with E-state index in [9.17, 15) is 4.39 Å². The highest BCUT2D eigenvalue weighted by atomic mass is 33.1. The molecule has 0 aromatic carbocycles. The summed E-state index contributed by atoms with van der Waals surface area (Å²) in [5.74, 6) is 0.723. The minimum Gasteiger partial charge on any atom is -0.251 e. The van der Waals surface area contributed by atoms with Crippen LogP contribution in [0.4, 0.5) is 4.39 Å². The van der Waals surface area contributed by atoms with Crippen molar-refractivity contribution in [1.82, 2.24) is 0 Å². The lowest BCUT2D eigenvalue weighted by atomic mass is 9.90. The lowest BCUT2D eigenvalue weighted by molar-refractivity contribution is 0.360. The summed E-state index contributed by atoms with van der Waals surface area (Å²) in [6.07, 6.45) is 12.6. The number of hydrogen-bond acceptors (Lipinski definition) is 2. The van der Waals surface area contributed by atoms with Crippen LogP contribution in [0.15, 0.2) is 0 Å². The Morgan fingerprint density at radius 2 is 1.33 bits per heavy atom. The lowest BCUT2D eigenvalue weighted by Gasteiger charge is -2.26. The van der Waals surface area contributed by atoms with Gasteiger partial charge in [0.2, 0.25) is 0 Å². The highest BCUT2D eigenvalue weighted by Crippen LogP contribution is 2.39. The Kier molecular flexibility index (Phi) is 16.0. The largest absolute Gasteiger partial charge is 0.251 e. The smallest absolute Gasteiger partial charge is 0.0905 e. The molecule has 0 saturated heterocycles. The maximum Gasteiger partial charge on any atom is 0.0905 e. The average molecular weight is 337 g/mol. The molecule has 128 valence electrons. The van der Waals surface area contributed by atoms with Crippen LogP contribution in [0.3, 0.4) is 0 Å². The molecule has 0 radical (unpaired) electrons. The first-order chi connectivity index (χ1) is 10.2. The van der Waals surface area contributed by atoms with E-state index in [1.807, 2.05) is 21.6 Å². The van der Waals surface area contributed by atoms with Gasteiger partial charge in [0.1, 0.15) is 0 Å². The minimum atomic E-state index is -0.157. The molecule has 0 aromatic heterocycles. The van der Waals surface area contributed by atoms with Crippen LogP contribution < -0.4 is 0 Å². The van der Waals surface area contributed by atoms with Gasteiger partial charge in [0.15, 0.2) is 0 Å². The third-order valence-electron chi connectivity index (χ3n) is 3.90. The van der Waals surface area contributed by atoms with Crippen molar-refractivity contribution in [2.45, 2.75) is 102 Å².